The lowest BCUT2D eigenvalue weighted by molar-refractivity contribution is 0.206. The van der Waals surface area contributed by atoms with E-state index in [1.54, 1.807) is 0 Å². The number of aromatic nitrogens is 2. The summed E-state index contributed by atoms with van der Waals surface area (Å²) in [6.07, 6.45) is 2.97. The summed E-state index contributed by atoms with van der Waals surface area (Å²) >= 11 is 0. The molecule has 0 radical (unpaired) electrons. The Morgan fingerprint density at radius 2 is 1.95 bits per heavy atom. The second-order valence-corrected chi connectivity index (χ2v) is 6.59. The minimum Gasteiger partial charge on any atom is -0.369 e. The molecule has 22 heavy (non-hydrogen) atoms. The van der Waals surface area contributed by atoms with Gasteiger partial charge in [0.1, 0.15) is 0 Å². The number of anilines is 1. The van der Waals surface area contributed by atoms with Crippen LogP contribution in [0.5, 0.6) is 0 Å². The van der Waals surface area contributed by atoms with Gasteiger partial charge in [-0.15, -0.1) is 0 Å². The standard InChI is InChI=1S/C18H25N3O/c1-12(2)16-15(11-13-9-10-13)19-18(21(16)3)20-17(22)14-7-5-4-6-8-14/h4-8,12-13,17,22H,9-11H2,1-3H3,(H,19,20). The fraction of sp³-hybridized carbons (Fsp3) is 0.500. The van der Waals surface area contributed by atoms with Crippen molar-refractivity contribution in [1.82, 2.24) is 9.55 Å². The van der Waals surface area contributed by atoms with Crippen LogP contribution in [0.2, 0.25) is 0 Å². The predicted molar refractivity (Wildman–Crippen MR) is 88.7 cm³/mol. The fourth-order valence-corrected chi connectivity index (χ4v) is 3.00. The third kappa shape index (κ3) is 3.17. The van der Waals surface area contributed by atoms with Crippen molar-refractivity contribution in [3.63, 3.8) is 0 Å². The highest BCUT2D eigenvalue weighted by molar-refractivity contribution is 5.38. The van der Waals surface area contributed by atoms with Gasteiger partial charge in [-0.2, -0.15) is 0 Å². The first-order chi connectivity index (χ1) is 10.6. The molecular weight excluding hydrogens is 274 g/mol. The van der Waals surface area contributed by atoms with Gasteiger partial charge in [0, 0.05) is 18.3 Å². The molecule has 1 unspecified atom stereocenters. The molecule has 1 fully saturated rings. The molecule has 1 aliphatic carbocycles. The molecule has 0 amide bonds. The smallest absolute Gasteiger partial charge is 0.205 e. The summed E-state index contributed by atoms with van der Waals surface area (Å²) in [5.74, 6) is 1.98. The molecule has 1 heterocycles. The van der Waals surface area contributed by atoms with Gasteiger partial charge in [-0.05, 0) is 31.1 Å². The van der Waals surface area contributed by atoms with E-state index >= 15 is 0 Å². The Labute approximate surface area is 132 Å². The molecule has 2 N–H and O–H groups in total. The van der Waals surface area contributed by atoms with Crippen molar-refractivity contribution in [2.75, 3.05) is 5.32 Å². The van der Waals surface area contributed by atoms with Crippen molar-refractivity contribution >= 4 is 5.95 Å². The highest BCUT2D eigenvalue weighted by Gasteiger charge is 2.27. The average Bonchev–Trinajstić information content (AvgIpc) is 3.25. The van der Waals surface area contributed by atoms with Crippen LogP contribution < -0.4 is 5.32 Å². The minimum absolute atomic E-state index is 0.427. The summed E-state index contributed by atoms with van der Waals surface area (Å²) < 4.78 is 2.09. The van der Waals surface area contributed by atoms with Crippen molar-refractivity contribution in [1.29, 1.82) is 0 Å². The molecule has 0 aliphatic heterocycles. The van der Waals surface area contributed by atoms with E-state index in [1.807, 2.05) is 37.4 Å². The van der Waals surface area contributed by atoms with E-state index in [1.165, 1.54) is 24.2 Å². The highest BCUT2D eigenvalue weighted by Crippen LogP contribution is 2.35. The van der Waals surface area contributed by atoms with E-state index in [2.05, 4.69) is 23.7 Å². The maximum atomic E-state index is 10.4. The summed E-state index contributed by atoms with van der Waals surface area (Å²) in [5, 5.41) is 13.5. The summed E-state index contributed by atoms with van der Waals surface area (Å²) in [5.41, 5.74) is 3.30. The van der Waals surface area contributed by atoms with Crippen LogP contribution in [0.15, 0.2) is 30.3 Å². The molecule has 4 nitrogen and oxygen atoms in total. The number of nitrogens with one attached hydrogen (secondary N) is 1. The summed E-state index contributed by atoms with van der Waals surface area (Å²) in [6.45, 7) is 4.40. The van der Waals surface area contributed by atoms with Gasteiger partial charge in [-0.1, -0.05) is 44.2 Å². The second-order valence-electron chi connectivity index (χ2n) is 6.59. The molecule has 1 aromatic carbocycles. The Morgan fingerprint density at radius 1 is 1.27 bits per heavy atom. The molecule has 4 heteroatoms. The Hall–Kier alpha value is -1.81. The van der Waals surface area contributed by atoms with Gasteiger partial charge in [-0.3, -0.25) is 0 Å². The topological polar surface area (TPSA) is 50.1 Å². The van der Waals surface area contributed by atoms with Gasteiger partial charge < -0.3 is 15.0 Å². The SMILES string of the molecule is CC(C)c1c(CC2CC2)nc(NC(O)c2ccccc2)n1C. The zero-order valence-electron chi connectivity index (χ0n) is 13.6. The van der Waals surface area contributed by atoms with Crippen LogP contribution in [0.25, 0.3) is 0 Å². The van der Waals surface area contributed by atoms with Crippen LogP contribution in [0.3, 0.4) is 0 Å². The first-order valence-corrected chi connectivity index (χ1v) is 8.11. The Bertz CT molecular complexity index is 629. The minimum atomic E-state index is -0.740. The Balaban J connectivity index is 1.83. The molecule has 1 aromatic heterocycles. The lowest BCUT2D eigenvalue weighted by atomic mass is 10.1. The highest BCUT2D eigenvalue weighted by atomic mass is 16.3. The molecule has 2 aromatic rings. The quantitative estimate of drug-likeness (QED) is 0.801. The van der Waals surface area contributed by atoms with Crippen molar-refractivity contribution < 1.29 is 5.11 Å². The van der Waals surface area contributed by atoms with Crippen molar-refractivity contribution in [2.24, 2.45) is 13.0 Å². The molecule has 3 rings (SSSR count). The molecule has 0 bridgehead atoms. The number of benzene rings is 1. The maximum Gasteiger partial charge on any atom is 0.205 e. The Kier molecular flexibility index (Phi) is 4.21. The van der Waals surface area contributed by atoms with Gasteiger partial charge in [0.25, 0.3) is 0 Å². The number of rotatable bonds is 6. The number of aliphatic hydroxyl groups excluding tert-OH is 1. The summed E-state index contributed by atoms with van der Waals surface area (Å²) in [7, 11) is 2.03. The lowest BCUT2D eigenvalue weighted by Crippen LogP contribution is -2.13. The van der Waals surface area contributed by atoms with Gasteiger partial charge in [0.2, 0.25) is 5.95 Å². The number of aliphatic hydroxyl groups is 1. The molecule has 1 atom stereocenters. The molecular formula is C18H25N3O. The van der Waals surface area contributed by atoms with Gasteiger partial charge >= 0.3 is 0 Å². The van der Waals surface area contributed by atoms with Gasteiger partial charge in [0.15, 0.2) is 6.23 Å². The number of hydrogen-bond acceptors (Lipinski definition) is 3. The molecule has 118 valence electrons. The van der Waals surface area contributed by atoms with Crippen LogP contribution >= 0.6 is 0 Å². The van der Waals surface area contributed by atoms with Crippen LogP contribution in [-0.4, -0.2) is 14.7 Å². The van der Waals surface area contributed by atoms with Crippen molar-refractivity contribution in [3.05, 3.63) is 47.3 Å². The number of imidazole rings is 1. The summed E-state index contributed by atoms with van der Waals surface area (Å²) in [4.78, 5) is 4.77. The molecule has 1 aliphatic rings. The van der Waals surface area contributed by atoms with Crippen molar-refractivity contribution in [3.8, 4) is 0 Å². The van der Waals surface area contributed by atoms with Crippen LogP contribution in [0.4, 0.5) is 5.95 Å². The van der Waals surface area contributed by atoms with Gasteiger partial charge in [0.05, 0.1) is 5.69 Å². The summed E-state index contributed by atoms with van der Waals surface area (Å²) in [6, 6.07) is 9.62. The normalized spacial score (nSPS) is 16.0. The average molecular weight is 299 g/mol. The predicted octanol–water partition coefficient (Wildman–Crippen LogP) is 3.60. The monoisotopic (exact) mass is 299 g/mol. The zero-order valence-corrected chi connectivity index (χ0v) is 13.6. The van der Waals surface area contributed by atoms with Crippen LogP contribution in [-0.2, 0) is 13.5 Å². The zero-order chi connectivity index (χ0) is 15.7. The Morgan fingerprint density at radius 3 is 2.55 bits per heavy atom. The molecule has 0 spiro atoms. The largest absolute Gasteiger partial charge is 0.369 e. The van der Waals surface area contributed by atoms with Crippen LogP contribution in [0, 0.1) is 5.92 Å². The van der Waals surface area contributed by atoms with E-state index < -0.39 is 6.23 Å². The molecule has 1 saturated carbocycles. The lowest BCUT2D eigenvalue weighted by Gasteiger charge is -2.15. The maximum absolute atomic E-state index is 10.4. The van der Waals surface area contributed by atoms with Gasteiger partial charge in [-0.25, -0.2) is 4.98 Å². The van der Waals surface area contributed by atoms with E-state index in [4.69, 9.17) is 4.98 Å². The number of nitrogens with zero attached hydrogens (tertiary/aromatic N) is 2. The van der Waals surface area contributed by atoms with Crippen LogP contribution in [0.1, 0.15) is 55.8 Å². The first-order valence-electron chi connectivity index (χ1n) is 8.11. The van der Waals surface area contributed by atoms with E-state index in [-0.39, 0.29) is 0 Å². The third-order valence-electron chi connectivity index (χ3n) is 4.32. The number of hydrogen-bond donors (Lipinski definition) is 2. The fourth-order valence-electron chi connectivity index (χ4n) is 3.00. The van der Waals surface area contributed by atoms with E-state index in [0.29, 0.717) is 5.92 Å². The van der Waals surface area contributed by atoms with Crippen molar-refractivity contribution in [2.45, 2.75) is 45.3 Å². The van der Waals surface area contributed by atoms with E-state index in [9.17, 15) is 5.11 Å². The first kappa shape index (κ1) is 15.1. The van der Waals surface area contributed by atoms with E-state index in [0.717, 1.165) is 23.9 Å². The molecule has 0 saturated heterocycles. The second kappa shape index (κ2) is 6.13. The third-order valence-corrected chi connectivity index (χ3v) is 4.32.